The number of hydrogen-bond donors (Lipinski definition) is 1. The molecule has 0 spiro atoms. The van der Waals surface area contributed by atoms with Gasteiger partial charge in [-0.15, -0.1) is 0 Å². The number of nitrogens with zero attached hydrogens (tertiary/aromatic N) is 1. The van der Waals surface area contributed by atoms with Gasteiger partial charge in [-0.2, -0.15) is 0 Å². The molecule has 3 aromatic carbocycles. The third kappa shape index (κ3) is 5.74. The van der Waals surface area contributed by atoms with Crippen LogP contribution >= 0.6 is 34.8 Å². The van der Waals surface area contributed by atoms with Crippen LogP contribution in [0.2, 0.25) is 15.1 Å². The van der Waals surface area contributed by atoms with Crippen molar-refractivity contribution in [2.45, 2.75) is 20.5 Å². The van der Waals surface area contributed by atoms with Crippen molar-refractivity contribution in [1.29, 1.82) is 0 Å². The minimum atomic E-state index is -0.850. The van der Waals surface area contributed by atoms with Crippen molar-refractivity contribution < 1.29 is 23.9 Å². The Morgan fingerprint density at radius 2 is 1.70 bits per heavy atom. The zero-order valence-corrected chi connectivity index (χ0v) is 22.1. The predicted molar refractivity (Wildman–Crippen MR) is 144 cm³/mol. The number of ether oxygens (including phenoxy) is 2. The third-order valence-electron chi connectivity index (χ3n) is 5.56. The molecule has 0 bridgehead atoms. The van der Waals surface area contributed by atoms with Crippen LogP contribution in [0.25, 0.3) is 6.08 Å². The molecule has 0 unspecified atom stereocenters. The minimum absolute atomic E-state index is 0.174. The highest BCUT2D eigenvalue weighted by atomic mass is 35.5. The fraction of sp³-hybridized carbons (Fsp3) is 0.148. The Bertz CT molecular complexity index is 1440. The Hall–Kier alpha value is -3.52. The molecular formula is C27H21Cl3N2O5. The standard InChI is InChI=1S/C27H21Cl3N2O5/c1-3-36-24-12-16(7-10-23(24)37-14-17-8-9-18(28)13-21(17)30)11-19-25(33)31-27(35)32(26(19)34)22-6-4-5-20(29)15(22)2/h4-13H,3,14H2,1-2H3,(H,31,33,35)/b19-11+. The first-order valence-corrected chi connectivity index (χ1v) is 12.3. The second kappa shape index (κ2) is 11.3. The van der Waals surface area contributed by atoms with Crippen molar-refractivity contribution in [2.24, 2.45) is 0 Å². The van der Waals surface area contributed by atoms with E-state index < -0.39 is 17.8 Å². The van der Waals surface area contributed by atoms with E-state index in [9.17, 15) is 14.4 Å². The van der Waals surface area contributed by atoms with Crippen molar-refractivity contribution in [3.63, 3.8) is 0 Å². The molecule has 1 N–H and O–H groups in total. The number of rotatable bonds is 7. The van der Waals surface area contributed by atoms with Crippen molar-refractivity contribution in [3.05, 3.63) is 91.9 Å². The molecule has 0 saturated carbocycles. The molecule has 1 saturated heterocycles. The first-order chi connectivity index (χ1) is 17.7. The lowest BCUT2D eigenvalue weighted by Gasteiger charge is -2.27. The average molecular weight is 560 g/mol. The first-order valence-electron chi connectivity index (χ1n) is 11.2. The predicted octanol–water partition coefficient (Wildman–Crippen LogP) is 6.60. The third-order valence-corrected chi connectivity index (χ3v) is 6.55. The Balaban J connectivity index is 1.63. The van der Waals surface area contributed by atoms with Crippen LogP contribution < -0.4 is 19.7 Å². The largest absolute Gasteiger partial charge is 0.490 e. The zero-order chi connectivity index (χ0) is 26.7. The molecule has 1 aliphatic rings. The summed E-state index contributed by atoms with van der Waals surface area (Å²) in [6, 6.07) is 14.1. The molecule has 1 heterocycles. The number of carbonyl (C=O) groups excluding carboxylic acids is 3. The molecule has 4 rings (SSSR count). The van der Waals surface area contributed by atoms with E-state index in [2.05, 4.69) is 5.32 Å². The van der Waals surface area contributed by atoms with Gasteiger partial charge in [-0.3, -0.25) is 14.9 Å². The number of urea groups is 1. The maximum atomic E-state index is 13.3. The maximum Gasteiger partial charge on any atom is 0.335 e. The number of amides is 4. The summed E-state index contributed by atoms with van der Waals surface area (Å²) in [4.78, 5) is 39.3. The van der Waals surface area contributed by atoms with Gasteiger partial charge in [-0.1, -0.05) is 53.0 Å². The summed E-state index contributed by atoms with van der Waals surface area (Å²) < 4.78 is 11.6. The lowest BCUT2D eigenvalue weighted by molar-refractivity contribution is -0.122. The molecule has 0 atom stereocenters. The highest BCUT2D eigenvalue weighted by molar-refractivity contribution is 6.40. The number of hydrogen-bond acceptors (Lipinski definition) is 5. The van der Waals surface area contributed by atoms with Gasteiger partial charge in [-0.25, -0.2) is 9.69 Å². The van der Waals surface area contributed by atoms with E-state index in [1.165, 1.54) is 6.08 Å². The van der Waals surface area contributed by atoms with Crippen LogP contribution in [0.15, 0.2) is 60.2 Å². The van der Waals surface area contributed by atoms with Gasteiger partial charge in [0.25, 0.3) is 11.8 Å². The van der Waals surface area contributed by atoms with E-state index in [4.69, 9.17) is 44.3 Å². The molecule has 3 aromatic rings. The van der Waals surface area contributed by atoms with Crippen LogP contribution in [0.5, 0.6) is 11.5 Å². The van der Waals surface area contributed by atoms with Crippen molar-refractivity contribution in [2.75, 3.05) is 11.5 Å². The van der Waals surface area contributed by atoms with Crippen molar-refractivity contribution in [3.8, 4) is 11.5 Å². The highest BCUT2D eigenvalue weighted by Crippen LogP contribution is 2.33. The van der Waals surface area contributed by atoms with Gasteiger partial charge in [0, 0.05) is 20.6 Å². The van der Waals surface area contributed by atoms with E-state index in [0.717, 1.165) is 10.5 Å². The Kier molecular flexibility index (Phi) is 8.07. The van der Waals surface area contributed by atoms with E-state index >= 15 is 0 Å². The van der Waals surface area contributed by atoms with Crippen LogP contribution in [0.3, 0.4) is 0 Å². The van der Waals surface area contributed by atoms with Crippen LogP contribution in [-0.2, 0) is 16.2 Å². The van der Waals surface area contributed by atoms with E-state index in [-0.39, 0.29) is 17.9 Å². The number of nitrogens with one attached hydrogen (secondary N) is 1. The minimum Gasteiger partial charge on any atom is -0.490 e. The normalized spacial score (nSPS) is 14.7. The molecule has 0 radical (unpaired) electrons. The first kappa shape index (κ1) is 26.5. The number of imide groups is 2. The summed E-state index contributed by atoms with van der Waals surface area (Å²) in [6.45, 7) is 4.03. The molecule has 1 aliphatic heterocycles. The number of halogens is 3. The summed E-state index contributed by atoms with van der Waals surface area (Å²) in [5.74, 6) is -0.721. The van der Waals surface area contributed by atoms with E-state index in [1.807, 2.05) is 6.92 Å². The topological polar surface area (TPSA) is 84.9 Å². The van der Waals surface area contributed by atoms with Gasteiger partial charge in [-0.05, 0) is 67.4 Å². The molecule has 37 heavy (non-hydrogen) atoms. The summed E-state index contributed by atoms with van der Waals surface area (Å²) in [5, 5.41) is 3.59. The van der Waals surface area contributed by atoms with E-state index in [0.29, 0.717) is 44.3 Å². The Labute approximate surface area is 228 Å². The lowest BCUT2D eigenvalue weighted by Crippen LogP contribution is -2.54. The van der Waals surface area contributed by atoms with Gasteiger partial charge >= 0.3 is 6.03 Å². The van der Waals surface area contributed by atoms with Crippen LogP contribution in [0, 0.1) is 6.92 Å². The lowest BCUT2D eigenvalue weighted by atomic mass is 10.1. The van der Waals surface area contributed by atoms with Crippen molar-refractivity contribution in [1.82, 2.24) is 5.32 Å². The second-order valence-electron chi connectivity index (χ2n) is 8.01. The fourth-order valence-electron chi connectivity index (χ4n) is 3.68. The summed E-state index contributed by atoms with van der Waals surface area (Å²) in [7, 11) is 0. The molecule has 0 aliphatic carbocycles. The number of anilines is 1. The molecule has 10 heteroatoms. The number of benzene rings is 3. The van der Waals surface area contributed by atoms with Gasteiger partial charge in [0.2, 0.25) is 0 Å². The average Bonchev–Trinajstić information content (AvgIpc) is 2.85. The van der Waals surface area contributed by atoms with Crippen LogP contribution in [-0.4, -0.2) is 24.5 Å². The molecule has 4 amide bonds. The molecule has 1 fully saturated rings. The monoisotopic (exact) mass is 558 g/mol. The Morgan fingerprint density at radius 1 is 0.919 bits per heavy atom. The van der Waals surface area contributed by atoms with Crippen LogP contribution in [0.1, 0.15) is 23.6 Å². The smallest absolute Gasteiger partial charge is 0.335 e. The van der Waals surface area contributed by atoms with Gasteiger partial charge < -0.3 is 9.47 Å². The van der Waals surface area contributed by atoms with Gasteiger partial charge in [0.15, 0.2) is 11.5 Å². The summed E-state index contributed by atoms with van der Waals surface area (Å²) >= 11 is 18.4. The maximum absolute atomic E-state index is 13.3. The molecule has 0 aromatic heterocycles. The SMILES string of the molecule is CCOc1cc(/C=C2\C(=O)NC(=O)N(c3cccc(Cl)c3C)C2=O)ccc1OCc1ccc(Cl)cc1Cl. The second-order valence-corrected chi connectivity index (χ2v) is 9.26. The zero-order valence-electron chi connectivity index (χ0n) is 19.8. The molecular weight excluding hydrogens is 539 g/mol. The fourth-order valence-corrected chi connectivity index (χ4v) is 4.31. The number of carbonyl (C=O) groups is 3. The van der Waals surface area contributed by atoms with Crippen molar-refractivity contribution >= 4 is 64.4 Å². The van der Waals surface area contributed by atoms with Crippen LogP contribution in [0.4, 0.5) is 10.5 Å². The highest BCUT2D eigenvalue weighted by Gasteiger charge is 2.37. The summed E-state index contributed by atoms with van der Waals surface area (Å²) in [6.07, 6.45) is 1.39. The Morgan fingerprint density at radius 3 is 2.43 bits per heavy atom. The van der Waals surface area contributed by atoms with Gasteiger partial charge in [0.05, 0.1) is 12.3 Å². The quantitative estimate of drug-likeness (QED) is 0.260. The number of barbiturate groups is 1. The molecule has 190 valence electrons. The summed E-state index contributed by atoms with van der Waals surface area (Å²) in [5.41, 5.74) is 1.83. The molecule has 7 nitrogen and oxygen atoms in total. The van der Waals surface area contributed by atoms with E-state index in [1.54, 1.807) is 61.5 Å². The van der Waals surface area contributed by atoms with Gasteiger partial charge in [0.1, 0.15) is 12.2 Å².